The Bertz CT molecular complexity index is 983. The second-order valence-electron chi connectivity index (χ2n) is 8.59. The van der Waals surface area contributed by atoms with Crippen LogP contribution in [0.3, 0.4) is 0 Å². The lowest BCUT2D eigenvalue weighted by Crippen LogP contribution is -2.32. The van der Waals surface area contributed by atoms with Crippen LogP contribution in [0.5, 0.6) is 0 Å². The predicted octanol–water partition coefficient (Wildman–Crippen LogP) is 3.23. The van der Waals surface area contributed by atoms with E-state index in [2.05, 4.69) is 42.8 Å². The molecule has 7 nitrogen and oxygen atoms in total. The molecule has 1 aromatic carbocycles. The lowest BCUT2D eigenvalue weighted by molar-refractivity contribution is -0.0185. The number of aliphatic hydroxyl groups is 1. The fourth-order valence-electron chi connectivity index (χ4n) is 3.80. The fourth-order valence-corrected chi connectivity index (χ4v) is 3.80. The van der Waals surface area contributed by atoms with Crippen molar-refractivity contribution in [3.63, 3.8) is 0 Å². The molecule has 0 saturated carbocycles. The van der Waals surface area contributed by atoms with E-state index in [4.69, 9.17) is 4.84 Å². The summed E-state index contributed by atoms with van der Waals surface area (Å²) in [5.41, 5.74) is 2.67. The van der Waals surface area contributed by atoms with Gasteiger partial charge in [0.25, 0.3) is 0 Å². The third-order valence-electron chi connectivity index (χ3n) is 5.40. The number of rotatable bonds is 7. The molecule has 30 heavy (non-hydrogen) atoms. The summed E-state index contributed by atoms with van der Waals surface area (Å²) in [4.78, 5) is 16.4. The van der Waals surface area contributed by atoms with Gasteiger partial charge in [-0.2, -0.15) is 0 Å². The summed E-state index contributed by atoms with van der Waals surface area (Å²) in [5, 5.41) is 13.5. The van der Waals surface area contributed by atoms with Crippen molar-refractivity contribution in [2.75, 3.05) is 19.7 Å². The van der Waals surface area contributed by atoms with Crippen molar-refractivity contribution in [3.8, 4) is 0 Å². The van der Waals surface area contributed by atoms with Crippen molar-refractivity contribution in [2.45, 2.75) is 44.8 Å². The predicted molar refractivity (Wildman–Crippen MR) is 117 cm³/mol. The largest absolute Gasteiger partial charge is 0.393 e. The van der Waals surface area contributed by atoms with E-state index in [1.54, 1.807) is 26.3 Å². The van der Waals surface area contributed by atoms with E-state index < -0.39 is 5.60 Å². The van der Waals surface area contributed by atoms with Crippen LogP contribution in [0.4, 0.5) is 0 Å². The van der Waals surface area contributed by atoms with Crippen LogP contribution in [0, 0.1) is 0 Å². The molecule has 4 rings (SSSR count). The van der Waals surface area contributed by atoms with Gasteiger partial charge >= 0.3 is 0 Å². The zero-order valence-corrected chi connectivity index (χ0v) is 17.6. The van der Waals surface area contributed by atoms with E-state index in [1.807, 2.05) is 24.4 Å². The van der Waals surface area contributed by atoms with Gasteiger partial charge in [-0.15, -0.1) is 0 Å². The molecule has 0 radical (unpaired) electrons. The van der Waals surface area contributed by atoms with Crippen LogP contribution in [0.25, 0.3) is 5.78 Å². The van der Waals surface area contributed by atoms with Gasteiger partial charge in [-0.3, -0.25) is 9.30 Å². The minimum Gasteiger partial charge on any atom is -0.393 e. The van der Waals surface area contributed by atoms with Crippen LogP contribution in [0.1, 0.15) is 49.4 Å². The van der Waals surface area contributed by atoms with E-state index in [0.29, 0.717) is 5.92 Å². The molecule has 0 unspecified atom stereocenters. The van der Waals surface area contributed by atoms with Gasteiger partial charge in [0.15, 0.2) is 0 Å². The fraction of sp³-hybridized carbons (Fsp3) is 0.435. The first-order chi connectivity index (χ1) is 14.5. The first-order valence-corrected chi connectivity index (χ1v) is 10.4. The number of hydrogen-bond acceptors (Lipinski definition) is 6. The Morgan fingerprint density at radius 2 is 1.97 bits per heavy atom. The molecule has 1 fully saturated rings. The number of likely N-dealkylation sites (tertiary alicyclic amines) is 1. The summed E-state index contributed by atoms with van der Waals surface area (Å²) in [6, 6.07) is 10.3. The van der Waals surface area contributed by atoms with Crippen molar-refractivity contribution < 1.29 is 9.94 Å². The van der Waals surface area contributed by atoms with Gasteiger partial charge in [-0.25, -0.2) is 9.97 Å². The molecule has 0 amide bonds. The van der Waals surface area contributed by atoms with Crippen molar-refractivity contribution >= 4 is 12.0 Å². The van der Waals surface area contributed by atoms with E-state index in [9.17, 15) is 5.11 Å². The van der Waals surface area contributed by atoms with E-state index >= 15 is 0 Å². The molecule has 0 spiro atoms. The molecular weight excluding hydrogens is 378 g/mol. The number of imidazole rings is 1. The molecule has 0 atom stereocenters. The maximum atomic E-state index is 9.61. The number of aromatic nitrogens is 3. The summed E-state index contributed by atoms with van der Waals surface area (Å²) < 4.78 is 2.12. The molecule has 7 heteroatoms. The molecule has 158 valence electrons. The van der Waals surface area contributed by atoms with Crippen LogP contribution < -0.4 is 0 Å². The molecule has 0 bridgehead atoms. The lowest BCUT2D eigenvalue weighted by Gasteiger charge is -2.31. The first kappa shape index (κ1) is 20.5. The second kappa shape index (κ2) is 8.93. The lowest BCUT2D eigenvalue weighted by atomic mass is 9.93. The number of fused-ring (bicyclic) bond motifs is 1. The molecule has 3 aromatic rings. The minimum absolute atomic E-state index is 0.170. The van der Waals surface area contributed by atoms with Gasteiger partial charge in [0, 0.05) is 30.6 Å². The van der Waals surface area contributed by atoms with Gasteiger partial charge in [0.2, 0.25) is 5.78 Å². The SMILES string of the molecule is CC(C)(O)CON=Cc1ccc(CN2CCC(c3cnc4ncccn34)CC2)cc1. The highest BCUT2D eigenvalue weighted by Crippen LogP contribution is 2.28. The van der Waals surface area contributed by atoms with Gasteiger partial charge in [-0.1, -0.05) is 29.4 Å². The third kappa shape index (κ3) is 5.23. The minimum atomic E-state index is -0.878. The molecule has 3 heterocycles. The molecule has 1 aliphatic heterocycles. The Hall–Kier alpha value is -2.77. The number of piperidine rings is 1. The van der Waals surface area contributed by atoms with Crippen molar-refractivity contribution in [1.29, 1.82) is 0 Å². The Morgan fingerprint density at radius 1 is 1.20 bits per heavy atom. The highest BCUT2D eigenvalue weighted by molar-refractivity contribution is 5.79. The van der Waals surface area contributed by atoms with Gasteiger partial charge < -0.3 is 9.94 Å². The van der Waals surface area contributed by atoms with E-state index in [1.165, 1.54) is 11.3 Å². The van der Waals surface area contributed by atoms with Crippen molar-refractivity contribution in [2.24, 2.45) is 5.16 Å². The number of nitrogens with zero attached hydrogens (tertiary/aromatic N) is 5. The number of hydrogen-bond donors (Lipinski definition) is 1. The van der Waals surface area contributed by atoms with Crippen LogP contribution in [-0.4, -0.2) is 55.9 Å². The second-order valence-corrected chi connectivity index (χ2v) is 8.59. The molecule has 0 aliphatic carbocycles. The Balaban J connectivity index is 1.27. The highest BCUT2D eigenvalue weighted by atomic mass is 16.6. The monoisotopic (exact) mass is 407 g/mol. The first-order valence-electron chi connectivity index (χ1n) is 10.4. The Morgan fingerprint density at radius 3 is 2.70 bits per heavy atom. The van der Waals surface area contributed by atoms with Crippen molar-refractivity contribution in [1.82, 2.24) is 19.3 Å². The standard InChI is InChI=1S/C23H29N5O2/c1-23(2,29)17-30-26-14-18-4-6-19(7-5-18)16-27-12-8-20(9-13-27)21-15-25-22-24-10-3-11-28(21)22/h3-7,10-11,14-15,20,29H,8-9,12-13,16-17H2,1-2H3. The molecule has 1 N–H and O–H groups in total. The molecule has 1 aliphatic rings. The zero-order chi connectivity index (χ0) is 21.0. The molecular formula is C23H29N5O2. The average Bonchev–Trinajstić information content (AvgIpc) is 3.16. The van der Waals surface area contributed by atoms with Crippen LogP contribution in [0.15, 0.2) is 54.1 Å². The van der Waals surface area contributed by atoms with Crippen molar-refractivity contribution in [3.05, 3.63) is 65.7 Å². The summed E-state index contributed by atoms with van der Waals surface area (Å²) >= 11 is 0. The van der Waals surface area contributed by atoms with Crippen LogP contribution >= 0.6 is 0 Å². The summed E-state index contributed by atoms with van der Waals surface area (Å²) in [7, 11) is 0. The molecule has 2 aromatic heterocycles. The normalized spacial score (nSPS) is 16.5. The zero-order valence-electron chi connectivity index (χ0n) is 17.6. The number of benzene rings is 1. The maximum Gasteiger partial charge on any atom is 0.233 e. The van der Waals surface area contributed by atoms with Crippen LogP contribution in [0.2, 0.25) is 0 Å². The van der Waals surface area contributed by atoms with Gasteiger partial charge in [-0.05, 0) is 57.0 Å². The summed E-state index contributed by atoms with van der Waals surface area (Å²) in [6.45, 7) is 6.65. The smallest absolute Gasteiger partial charge is 0.233 e. The topological polar surface area (TPSA) is 75.2 Å². The quantitative estimate of drug-likeness (QED) is 0.481. The highest BCUT2D eigenvalue weighted by Gasteiger charge is 2.23. The number of oxime groups is 1. The Labute approximate surface area is 177 Å². The van der Waals surface area contributed by atoms with Gasteiger partial charge in [0.05, 0.1) is 18.0 Å². The maximum absolute atomic E-state index is 9.61. The third-order valence-corrected chi connectivity index (χ3v) is 5.40. The van der Waals surface area contributed by atoms with Gasteiger partial charge in [0.1, 0.15) is 6.61 Å². The van der Waals surface area contributed by atoms with E-state index in [-0.39, 0.29) is 6.61 Å². The molecule has 1 saturated heterocycles. The van der Waals surface area contributed by atoms with Crippen LogP contribution in [-0.2, 0) is 11.4 Å². The average molecular weight is 408 g/mol. The summed E-state index contributed by atoms with van der Waals surface area (Å²) in [6.07, 6.45) is 9.75. The summed E-state index contributed by atoms with van der Waals surface area (Å²) in [5.74, 6) is 1.31. The van der Waals surface area contributed by atoms with E-state index in [0.717, 1.165) is 43.8 Å². The Kier molecular flexibility index (Phi) is 6.11.